The first-order valence-electron chi connectivity index (χ1n) is 3.96. The van der Waals surface area contributed by atoms with Crippen molar-refractivity contribution < 1.29 is 0 Å². The Labute approximate surface area is 79.1 Å². The zero-order valence-corrected chi connectivity index (χ0v) is 7.61. The first-order chi connectivity index (χ1) is 6.59. The molecule has 0 fully saturated rings. The summed E-state index contributed by atoms with van der Waals surface area (Å²) in [7, 11) is 1.71. The van der Waals surface area contributed by atoms with E-state index in [1.807, 2.05) is 0 Å². The van der Waals surface area contributed by atoms with E-state index in [1.54, 1.807) is 7.05 Å². The molecule has 0 radical (unpaired) electrons. The Morgan fingerprint density at radius 2 is 2.43 bits per heavy atom. The van der Waals surface area contributed by atoms with Gasteiger partial charge in [0.1, 0.15) is 5.39 Å². The molecule has 0 aromatic carbocycles. The normalized spacial score (nSPS) is 10.6. The molecule has 2 rings (SSSR count). The first kappa shape index (κ1) is 8.49. The van der Waals surface area contributed by atoms with Crippen molar-refractivity contribution in [2.75, 3.05) is 0 Å². The smallest absolute Gasteiger partial charge is 0.262 e. The first-order valence-corrected chi connectivity index (χ1v) is 3.96. The monoisotopic (exact) mass is 191 g/mol. The van der Waals surface area contributed by atoms with E-state index in [1.165, 1.54) is 10.9 Å². The fourth-order valence-electron chi connectivity index (χ4n) is 1.18. The summed E-state index contributed by atoms with van der Waals surface area (Å²) in [5.74, 6) is 0.283. The van der Waals surface area contributed by atoms with E-state index in [2.05, 4.69) is 21.6 Å². The van der Waals surface area contributed by atoms with Gasteiger partial charge in [-0.25, -0.2) is 4.98 Å². The van der Waals surface area contributed by atoms with Crippen molar-refractivity contribution in [2.45, 2.75) is 0 Å². The van der Waals surface area contributed by atoms with Gasteiger partial charge in [-0.05, 0) is 0 Å². The van der Waals surface area contributed by atoms with E-state index < -0.39 is 0 Å². The van der Waals surface area contributed by atoms with Crippen LogP contribution in [0.2, 0.25) is 0 Å². The van der Waals surface area contributed by atoms with Crippen LogP contribution in [-0.2, 0) is 7.05 Å². The molecule has 0 aliphatic heterocycles. The summed E-state index contributed by atoms with van der Waals surface area (Å²) >= 11 is 0. The van der Waals surface area contributed by atoms with Crippen LogP contribution in [0.25, 0.3) is 16.7 Å². The van der Waals surface area contributed by atoms with Crippen LogP contribution < -0.4 is 11.3 Å². The quantitative estimate of drug-likeness (QED) is 0.641. The van der Waals surface area contributed by atoms with Gasteiger partial charge in [-0.15, -0.1) is 0 Å². The number of nitrogens with two attached hydrogens (primary N) is 1. The fourth-order valence-corrected chi connectivity index (χ4v) is 1.18. The predicted octanol–water partition coefficient (Wildman–Crippen LogP) is -0.414. The maximum atomic E-state index is 11.5. The van der Waals surface area contributed by atoms with E-state index >= 15 is 0 Å². The second-order valence-corrected chi connectivity index (χ2v) is 2.95. The lowest BCUT2D eigenvalue weighted by Crippen LogP contribution is -2.13. The summed E-state index contributed by atoms with van der Waals surface area (Å²) in [5.41, 5.74) is 5.90. The van der Waals surface area contributed by atoms with E-state index in [-0.39, 0.29) is 17.1 Å². The Morgan fingerprint density at radius 3 is 3.07 bits per heavy atom. The number of fused-ring (bicyclic) bond motifs is 1. The number of hydrogen-bond acceptors (Lipinski definition) is 4. The molecule has 0 amide bonds. The van der Waals surface area contributed by atoms with Crippen molar-refractivity contribution in [3.8, 4) is 0 Å². The zero-order chi connectivity index (χ0) is 10.3. The van der Waals surface area contributed by atoms with E-state index in [4.69, 9.17) is 5.73 Å². The van der Waals surface area contributed by atoms with Crippen molar-refractivity contribution in [1.29, 1.82) is 0 Å². The molecule has 2 aromatic rings. The molecule has 0 saturated carbocycles. The zero-order valence-electron chi connectivity index (χ0n) is 7.61. The van der Waals surface area contributed by atoms with Crippen LogP contribution in [0.3, 0.4) is 0 Å². The highest BCUT2D eigenvalue weighted by Crippen LogP contribution is 2.06. The van der Waals surface area contributed by atoms with Crippen LogP contribution in [-0.4, -0.2) is 19.7 Å². The largest absolute Gasteiger partial charge is 0.396 e. The van der Waals surface area contributed by atoms with Gasteiger partial charge in [-0.1, -0.05) is 6.58 Å². The number of aromatic nitrogens is 4. The predicted molar refractivity (Wildman–Crippen MR) is 52.4 cm³/mol. The van der Waals surface area contributed by atoms with Crippen LogP contribution in [0.4, 0.5) is 0 Å². The minimum atomic E-state index is -0.260. The molecular weight excluding hydrogens is 182 g/mol. The van der Waals surface area contributed by atoms with Crippen LogP contribution in [0.15, 0.2) is 17.6 Å². The Morgan fingerprint density at radius 1 is 1.71 bits per heavy atom. The van der Waals surface area contributed by atoms with Crippen LogP contribution in [0, 0.1) is 0 Å². The van der Waals surface area contributed by atoms with Crippen molar-refractivity contribution in [3.05, 3.63) is 29.0 Å². The van der Waals surface area contributed by atoms with Gasteiger partial charge < -0.3 is 10.7 Å². The maximum absolute atomic E-state index is 11.5. The lowest BCUT2D eigenvalue weighted by molar-refractivity contribution is 0.784. The summed E-state index contributed by atoms with van der Waals surface area (Å²) in [5, 5.41) is 4.36. The van der Waals surface area contributed by atoms with E-state index in [0.717, 1.165) is 0 Å². The number of H-pyrrole nitrogens is 1. The summed E-state index contributed by atoms with van der Waals surface area (Å²) < 4.78 is 1.51. The average Bonchev–Trinajstić information content (AvgIpc) is 2.48. The molecule has 0 aliphatic carbocycles. The molecule has 2 heterocycles. The van der Waals surface area contributed by atoms with E-state index in [0.29, 0.717) is 11.0 Å². The Bertz CT molecular complexity index is 565. The van der Waals surface area contributed by atoms with Crippen LogP contribution in [0.5, 0.6) is 0 Å². The molecular formula is C8H9N5O. The molecule has 14 heavy (non-hydrogen) atoms. The molecule has 0 unspecified atom stereocenters. The van der Waals surface area contributed by atoms with Crippen molar-refractivity contribution in [2.24, 2.45) is 12.8 Å². The Balaban J connectivity index is 2.89. The SMILES string of the molecule is C=C(N)c1nc2c(cnn2C)c(=O)[nH]1. The summed E-state index contributed by atoms with van der Waals surface area (Å²) in [6, 6.07) is 0. The number of nitrogens with zero attached hydrogens (tertiary/aromatic N) is 3. The van der Waals surface area contributed by atoms with Gasteiger partial charge in [0.05, 0.1) is 11.9 Å². The van der Waals surface area contributed by atoms with Gasteiger partial charge in [-0.2, -0.15) is 5.10 Å². The highest BCUT2D eigenvalue weighted by molar-refractivity contribution is 5.74. The third-order valence-electron chi connectivity index (χ3n) is 1.91. The van der Waals surface area contributed by atoms with Crippen LogP contribution in [0.1, 0.15) is 5.82 Å². The van der Waals surface area contributed by atoms with Gasteiger partial charge in [0.2, 0.25) is 0 Å². The standard InChI is InChI=1S/C8H9N5O/c1-4(9)6-11-7-5(8(14)12-6)3-10-13(7)2/h3H,1,9H2,2H3,(H,11,12,14). The Hall–Kier alpha value is -2.11. The highest BCUT2D eigenvalue weighted by atomic mass is 16.1. The number of aryl methyl sites for hydroxylation is 1. The summed E-state index contributed by atoms with van der Waals surface area (Å²) in [6.07, 6.45) is 1.46. The van der Waals surface area contributed by atoms with E-state index in [9.17, 15) is 4.79 Å². The minimum Gasteiger partial charge on any atom is -0.396 e. The highest BCUT2D eigenvalue weighted by Gasteiger charge is 2.07. The van der Waals surface area contributed by atoms with Crippen molar-refractivity contribution in [1.82, 2.24) is 19.7 Å². The maximum Gasteiger partial charge on any atom is 0.262 e. The van der Waals surface area contributed by atoms with Gasteiger partial charge in [0.15, 0.2) is 11.5 Å². The third-order valence-corrected chi connectivity index (χ3v) is 1.91. The van der Waals surface area contributed by atoms with Gasteiger partial charge in [-0.3, -0.25) is 9.48 Å². The molecule has 0 saturated heterocycles. The molecule has 72 valence electrons. The van der Waals surface area contributed by atoms with Gasteiger partial charge in [0, 0.05) is 7.05 Å². The average molecular weight is 191 g/mol. The van der Waals surface area contributed by atoms with Crippen molar-refractivity contribution in [3.63, 3.8) is 0 Å². The topological polar surface area (TPSA) is 89.6 Å². The lowest BCUT2D eigenvalue weighted by Gasteiger charge is -1.99. The fraction of sp³-hybridized carbons (Fsp3) is 0.125. The number of aromatic amines is 1. The van der Waals surface area contributed by atoms with Crippen molar-refractivity contribution >= 4 is 16.7 Å². The third kappa shape index (κ3) is 1.08. The molecule has 3 N–H and O–H groups in total. The molecule has 6 heteroatoms. The molecule has 0 aliphatic rings. The molecule has 0 bridgehead atoms. The summed E-state index contributed by atoms with van der Waals surface area (Å²) in [4.78, 5) is 18.1. The lowest BCUT2D eigenvalue weighted by atomic mass is 10.4. The molecule has 0 atom stereocenters. The molecule has 0 spiro atoms. The minimum absolute atomic E-state index is 0.227. The second kappa shape index (κ2) is 2.69. The number of rotatable bonds is 1. The molecule has 6 nitrogen and oxygen atoms in total. The number of hydrogen-bond donors (Lipinski definition) is 2. The van der Waals surface area contributed by atoms with Gasteiger partial charge in [0.25, 0.3) is 5.56 Å². The number of nitrogens with one attached hydrogen (secondary N) is 1. The Kier molecular flexibility index (Phi) is 1.63. The summed E-state index contributed by atoms with van der Waals surface area (Å²) in [6.45, 7) is 3.50. The van der Waals surface area contributed by atoms with Crippen LogP contribution >= 0.6 is 0 Å². The second-order valence-electron chi connectivity index (χ2n) is 2.95. The molecule has 2 aromatic heterocycles. The van der Waals surface area contributed by atoms with Gasteiger partial charge >= 0.3 is 0 Å².